The fourth-order valence-corrected chi connectivity index (χ4v) is 3.23. The largest absolute Gasteiger partial charge is 0.342 e. The van der Waals surface area contributed by atoms with Gasteiger partial charge in [0, 0.05) is 44.8 Å². The molecular weight excluding hydrogens is 320 g/mol. The number of aromatic nitrogens is 5. The number of carbonyl (C=O) groups excluding carboxylic acids is 1. The second-order valence-electron chi connectivity index (χ2n) is 7.03. The van der Waals surface area contributed by atoms with Crippen LogP contribution in [0.2, 0.25) is 0 Å². The average Bonchev–Trinajstić information content (AvgIpc) is 3.24. The predicted molar refractivity (Wildman–Crippen MR) is 90.9 cm³/mol. The van der Waals surface area contributed by atoms with Crippen molar-refractivity contribution < 1.29 is 9.32 Å². The summed E-state index contributed by atoms with van der Waals surface area (Å²) in [6, 6.07) is 0. The van der Waals surface area contributed by atoms with Gasteiger partial charge in [-0.05, 0) is 19.3 Å². The van der Waals surface area contributed by atoms with Gasteiger partial charge in [0.15, 0.2) is 5.82 Å². The first-order valence-corrected chi connectivity index (χ1v) is 8.98. The molecule has 3 rings (SSSR count). The summed E-state index contributed by atoms with van der Waals surface area (Å²) in [6.45, 7) is 5.61. The lowest BCUT2D eigenvalue weighted by Crippen LogP contribution is -2.39. The zero-order valence-electron chi connectivity index (χ0n) is 15.2. The summed E-state index contributed by atoms with van der Waals surface area (Å²) in [7, 11) is 1.95. The summed E-state index contributed by atoms with van der Waals surface area (Å²) in [4.78, 5) is 18.8. The molecule has 1 saturated heterocycles. The van der Waals surface area contributed by atoms with Gasteiger partial charge in [0.05, 0.1) is 0 Å². The second kappa shape index (κ2) is 7.76. The summed E-state index contributed by atoms with van der Waals surface area (Å²) in [5, 5.41) is 12.1. The smallest absolute Gasteiger partial charge is 0.226 e. The summed E-state index contributed by atoms with van der Waals surface area (Å²) < 4.78 is 7.17. The number of hydrogen-bond donors (Lipinski definition) is 0. The van der Waals surface area contributed by atoms with E-state index < -0.39 is 0 Å². The molecule has 0 N–H and O–H groups in total. The van der Waals surface area contributed by atoms with Crippen LogP contribution in [0.4, 0.5) is 0 Å². The number of likely N-dealkylation sites (tertiary alicyclic amines) is 1. The summed E-state index contributed by atoms with van der Waals surface area (Å²) >= 11 is 0. The minimum atomic E-state index is 0.190. The third-order valence-corrected chi connectivity index (χ3v) is 4.67. The Bertz CT molecular complexity index is 708. The molecule has 2 aromatic heterocycles. The Morgan fingerprint density at radius 2 is 2.28 bits per heavy atom. The molecule has 1 aliphatic heterocycles. The Balaban J connectivity index is 1.48. The highest BCUT2D eigenvalue weighted by Gasteiger charge is 2.27. The Hall–Kier alpha value is -2.25. The molecule has 0 saturated carbocycles. The minimum Gasteiger partial charge on any atom is -0.342 e. The van der Waals surface area contributed by atoms with Crippen molar-refractivity contribution >= 4 is 5.91 Å². The van der Waals surface area contributed by atoms with Gasteiger partial charge in [-0.3, -0.25) is 4.79 Å². The third-order valence-electron chi connectivity index (χ3n) is 4.67. The highest BCUT2D eigenvalue weighted by molar-refractivity contribution is 5.76. The lowest BCUT2D eigenvalue weighted by atomic mass is 9.96. The highest BCUT2D eigenvalue weighted by Crippen LogP contribution is 2.25. The third kappa shape index (κ3) is 4.24. The van der Waals surface area contributed by atoms with E-state index in [9.17, 15) is 4.79 Å². The molecule has 1 atom stereocenters. The molecule has 0 unspecified atom stereocenters. The molecule has 3 heterocycles. The standard InChI is InChI=1S/C17H26N6O2/c1-12(2)16-19-14(25-21-16)7-4-8-15(24)23-9-5-6-13(10-23)17-20-18-11-22(17)3/h11-13H,4-10H2,1-3H3/t13-/m1/s1. The van der Waals surface area contributed by atoms with Gasteiger partial charge in [-0.1, -0.05) is 19.0 Å². The van der Waals surface area contributed by atoms with Gasteiger partial charge in [-0.15, -0.1) is 10.2 Å². The van der Waals surface area contributed by atoms with Gasteiger partial charge in [0.25, 0.3) is 0 Å². The van der Waals surface area contributed by atoms with Crippen LogP contribution in [-0.4, -0.2) is 48.8 Å². The van der Waals surface area contributed by atoms with E-state index in [2.05, 4.69) is 20.3 Å². The Kier molecular flexibility index (Phi) is 5.45. The van der Waals surface area contributed by atoms with Crippen LogP contribution in [0, 0.1) is 0 Å². The van der Waals surface area contributed by atoms with Gasteiger partial charge in [-0.25, -0.2) is 0 Å². The lowest BCUT2D eigenvalue weighted by molar-refractivity contribution is -0.132. The zero-order valence-corrected chi connectivity index (χ0v) is 15.2. The van der Waals surface area contributed by atoms with Crippen molar-refractivity contribution in [3.63, 3.8) is 0 Å². The molecule has 1 fully saturated rings. The molecule has 2 aromatic rings. The first-order chi connectivity index (χ1) is 12.0. The van der Waals surface area contributed by atoms with Crippen molar-refractivity contribution in [2.24, 2.45) is 7.05 Å². The van der Waals surface area contributed by atoms with E-state index in [1.807, 2.05) is 30.4 Å². The molecular formula is C17H26N6O2. The quantitative estimate of drug-likeness (QED) is 0.795. The number of nitrogens with zero attached hydrogens (tertiary/aromatic N) is 6. The van der Waals surface area contributed by atoms with Crippen molar-refractivity contribution in [1.82, 2.24) is 29.8 Å². The van der Waals surface area contributed by atoms with E-state index in [1.54, 1.807) is 6.33 Å². The second-order valence-corrected chi connectivity index (χ2v) is 7.03. The maximum atomic E-state index is 12.5. The number of amides is 1. The van der Waals surface area contributed by atoms with E-state index >= 15 is 0 Å². The van der Waals surface area contributed by atoms with E-state index in [-0.39, 0.29) is 17.7 Å². The fourth-order valence-electron chi connectivity index (χ4n) is 3.23. The van der Waals surface area contributed by atoms with Crippen molar-refractivity contribution in [2.45, 2.75) is 57.8 Å². The van der Waals surface area contributed by atoms with Crippen LogP contribution < -0.4 is 0 Å². The van der Waals surface area contributed by atoms with Crippen LogP contribution in [0.25, 0.3) is 0 Å². The monoisotopic (exact) mass is 346 g/mol. The van der Waals surface area contributed by atoms with Crippen molar-refractivity contribution in [2.75, 3.05) is 13.1 Å². The van der Waals surface area contributed by atoms with Crippen LogP contribution >= 0.6 is 0 Å². The number of hydrogen-bond acceptors (Lipinski definition) is 6. The first kappa shape index (κ1) is 17.6. The maximum Gasteiger partial charge on any atom is 0.226 e. The van der Waals surface area contributed by atoms with E-state index in [0.29, 0.717) is 18.7 Å². The van der Waals surface area contributed by atoms with Crippen molar-refractivity contribution in [3.8, 4) is 0 Å². The molecule has 0 bridgehead atoms. The molecule has 0 spiro atoms. The van der Waals surface area contributed by atoms with Crippen LogP contribution in [0.5, 0.6) is 0 Å². The van der Waals surface area contributed by atoms with E-state index in [1.165, 1.54) is 0 Å². The van der Waals surface area contributed by atoms with Gasteiger partial charge < -0.3 is 14.0 Å². The Morgan fingerprint density at radius 1 is 1.44 bits per heavy atom. The molecule has 8 heteroatoms. The van der Waals surface area contributed by atoms with Crippen molar-refractivity contribution in [3.05, 3.63) is 23.9 Å². The molecule has 25 heavy (non-hydrogen) atoms. The maximum absolute atomic E-state index is 12.5. The lowest BCUT2D eigenvalue weighted by Gasteiger charge is -2.32. The van der Waals surface area contributed by atoms with Crippen LogP contribution in [-0.2, 0) is 18.3 Å². The van der Waals surface area contributed by atoms with Gasteiger partial charge in [0.1, 0.15) is 12.2 Å². The number of carbonyl (C=O) groups is 1. The molecule has 0 aromatic carbocycles. The Labute approximate surface area is 147 Å². The predicted octanol–water partition coefficient (Wildman–Crippen LogP) is 2.05. The highest BCUT2D eigenvalue weighted by atomic mass is 16.5. The van der Waals surface area contributed by atoms with E-state index in [0.717, 1.165) is 44.0 Å². The summed E-state index contributed by atoms with van der Waals surface area (Å²) in [5.41, 5.74) is 0. The Morgan fingerprint density at radius 3 is 2.96 bits per heavy atom. The number of rotatable bonds is 6. The topological polar surface area (TPSA) is 89.9 Å². The summed E-state index contributed by atoms with van der Waals surface area (Å²) in [6.07, 6.45) is 5.65. The number of aryl methyl sites for hydroxylation is 2. The SMILES string of the molecule is CC(C)c1noc(CCCC(=O)N2CCC[C@@H](c3nncn3C)C2)n1. The van der Waals surface area contributed by atoms with Crippen LogP contribution in [0.1, 0.15) is 68.9 Å². The van der Waals surface area contributed by atoms with Crippen LogP contribution in [0.15, 0.2) is 10.9 Å². The molecule has 1 amide bonds. The normalized spacial score (nSPS) is 18.1. The van der Waals surface area contributed by atoms with Gasteiger partial charge >= 0.3 is 0 Å². The molecule has 1 aliphatic rings. The average molecular weight is 346 g/mol. The molecule has 0 radical (unpaired) electrons. The first-order valence-electron chi connectivity index (χ1n) is 8.98. The summed E-state index contributed by atoms with van der Waals surface area (Å²) in [5.74, 6) is 3.02. The van der Waals surface area contributed by atoms with Crippen molar-refractivity contribution in [1.29, 1.82) is 0 Å². The molecule has 136 valence electrons. The minimum absolute atomic E-state index is 0.190. The van der Waals surface area contributed by atoms with E-state index in [4.69, 9.17) is 4.52 Å². The zero-order chi connectivity index (χ0) is 17.8. The number of piperidine rings is 1. The fraction of sp³-hybridized carbons (Fsp3) is 0.706. The molecule has 0 aliphatic carbocycles. The van der Waals surface area contributed by atoms with Gasteiger partial charge in [0.2, 0.25) is 11.8 Å². The van der Waals surface area contributed by atoms with Gasteiger partial charge in [-0.2, -0.15) is 4.98 Å². The molecule has 8 nitrogen and oxygen atoms in total. The van der Waals surface area contributed by atoms with Crippen LogP contribution in [0.3, 0.4) is 0 Å².